The van der Waals surface area contributed by atoms with Crippen molar-refractivity contribution in [2.24, 2.45) is 0 Å². The van der Waals surface area contributed by atoms with Gasteiger partial charge in [-0.05, 0) is 48.9 Å². The van der Waals surface area contributed by atoms with E-state index in [-0.39, 0.29) is 0 Å². The highest BCUT2D eigenvalue weighted by Gasteiger charge is 2.25. The largest absolute Gasteiger partial charge is 0.457 e. The van der Waals surface area contributed by atoms with E-state index in [2.05, 4.69) is 38.1 Å². The first-order chi connectivity index (χ1) is 19.3. The highest BCUT2D eigenvalue weighted by atomic mass is 17.2. The Balaban J connectivity index is 1.39. The van der Waals surface area contributed by atoms with Gasteiger partial charge in [0.25, 0.3) is 0 Å². The van der Waals surface area contributed by atoms with Gasteiger partial charge in [-0.2, -0.15) is 9.78 Å². The molecule has 216 valence electrons. The molecule has 0 unspecified atom stereocenters. The Morgan fingerprint density at radius 1 is 0.538 bits per heavy atom. The van der Waals surface area contributed by atoms with Crippen LogP contribution in [0.2, 0.25) is 0 Å². The van der Waals surface area contributed by atoms with Gasteiger partial charge in [0.15, 0.2) is 11.5 Å². The fourth-order valence-electron chi connectivity index (χ4n) is 5.73. The average Bonchev–Trinajstić information content (AvgIpc) is 2.98. The molecule has 0 aliphatic carbocycles. The van der Waals surface area contributed by atoms with Gasteiger partial charge >= 0.3 is 0 Å². The van der Waals surface area contributed by atoms with Gasteiger partial charge in [0.1, 0.15) is 11.5 Å². The minimum absolute atomic E-state index is 0.538. The van der Waals surface area contributed by atoms with Crippen LogP contribution in [0.5, 0.6) is 23.0 Å². The molecule has 0 aromatic heterocycles. The fraction of sp³-hybridized carbons (Fsp3) is 0.647. The van der Waals surface area contributed by atoms with Crippen LogP contribution < -0.4 is 14.5 Å². The highest BCUT2D eigenvalue weighted by molar-refractivity contribution is 5.55. The number of unbranched alkanes of at least 4 members (excludes halogenated alkanes) is 12. The molecule has 5 heteroatoms. The minimum atomic E-state index is 0.538. The second-order valence-corrected chi connectivity index (χ2v) is 11.2. The molecule has 0 saturated carbocycles. The molecule has 2 aromatic carbocycles. The summed E-state index contributed by atoms with van der Waals surface area (Å²) in [6.07, 6.45) is 21.8. The van der Waals surface area contributed by atoms with E-state index in [0.29, 0.717) is 13.2 Å². The Bertz CT molecular complexity index is 922. The summed E-state index contributed by atoms with van der Waals surface area (Å²) in [5, 5.41) is 0. The maximum Gasteiger partial charge on any atom is 0.175 e. The predicted molar refractivity (Wildman–Crippen MR) is 157 cm³/mol. The van der Waals surface area contributed by atoms with Crippen LogP contribution >= 0.6 is 0 Å². The summed E-state index contributed by atoms with van der Waals surface area (Å²) in [4.78, 5) is 22.3. The minimum Gasteiger partial charge on any atom is -0.457 e. The molecule has 0 radical (unpaired) electrons. The summed E-state index contributed by atoms with van der Waals surface area (Å²) >= 11 is 0. The van der Waals surface area contributed by atoms with Gasteiger partial charge in [0.2, 0.25) is 0 Å². The molecule has 0 N–H and O–H groups in total. The lowest BCUT2D eigenvalue weighted by Gasteiger charge is -2.24. The summed E-state index contributed by atoms with van der Waals surface area (Å²) < 4.78 is 6.58. The van der Waals surface area contributed by atoms with Crippen LogP contribution in [0.1, 0.15) is 126 Å². The van der Waals surface area contributed by atoms with E-state index in [0.717, 1.165) is 59.8 Å². The van der Waals surface area contributed by atoms with Crippen molar-refractivity contribution in [3.05, 3.63) is 46.5 Å². The molecule has 4 rings (SSSR count). The van der Waals surface area contributed by atoms with Crippen molar-refractivity contribution in [3.8, 4) is 23.0 Å². The predicted octanol–water partition coefficient (Wildman–Crippen LogP) is 9.80. The van der Waals surface area contributed by atoms with Gasteiger partial charge in [-0.25, -0.2) is 0 Å². The molecule has 2 aliphatic rings. The van der Waals surface area contributed by atoms with E-state index in [1.165, 1.54) is 101 Å². The Morgan fingerprint density at radius 2 is 0.949 bits per heavy atom. The third-order valence-corrected chi connectivity index (χ3v) is 8.07. The van der Waals surface area contributed by atoms with Gasteiger partial charge in [-0.1, -0.05) is 103 Å². The van der Waals surface area contributed by atoms with Gasteiger partial charge < -0.3 is 14.5 Å². The van der Waals surface area contributed by atoms with Crippen LogP contribution in [0.3, 0.4) is 0 Å². The first-order valence-electron chi connectivity index (χ1n) is 15.9. The van der Waals surface area contributed by atoms with Crippen LogP contribution in [0.15, 0.2) is 24.3 Å². The van der Waals surface area contributed by atoms with Crippen molar-refractivity contribution in [3.63, 3.8) is 0 Å². The summed E-state index contributed by atoms with van der Waals surface area (Å²) in [7, 11) is 0. The number of benzene rings is 2. The molecule has 0 spiro atoms. The van der Waals surface area contributed by atoms with Crippen molar-refractivity contribution in [1.82, 2.24) is 0 Å². The number of hydrogen-bond donors (Lipinski definition) is 0. The van der Waals surface area contributed by atoms with E-state index in [4.69, 9.17) is 24.3 Å². The van der Waals surface area contributed by atoms with Gasteiger partial charge in [-0.15, -0.1) is 0 Å². The summed E-state index contributed by atoms with van der Waals surface area (Å²) in [5.74, 6) is 3.41. The number of aryl methyl sites for hydroxylation is 2. The van der Waals surface area contributed by atoms with Gasteiger partial charge in [0, 0.05) is 24.0 Å². The van der Waals surface area contributed by atoms with Crippen molar-refractivity contribution < 1.29 is 24.3 Å². The van der Waals surface area contributed by atoms with Crippen molar-refractivity contribution >= 4 is 0 Å². The Hall–Kier alpha value is -2.24. The molecular weight excluding hydrogens is 488 g/mol. The normalized spacial score (nSPS) is 14.3. The summed E-state index contributed by atoms with van der Waals surface area (Å²) in [6, 6.07) is 8.54. The molecule has 2 aromatic rings. The van der Waals surface area contributed by atoms with E-state index in [1.807, 2.05) is 0 Å². The summed E-state index contributed by atoms with van der Waals surface area (Å²) in [6.45, 7) is 5.61. The zero-order chi connectivity index (χ0) is 27.1. The smallest absolute Gasteiger partial charge is 0.175 e. The first kappa shape index (κ1) is 29.7. The zero-order valence-electron chi connectivity index (χ0n) is 24.5. The Labute approximate surface area is 236 Å². The Kier molecular flexibility index (Phi) is 12.8. The van der Waals surface area contributed by atoms with Crippen LogP contribution in [0.25, 0.3) is 0 Å². The fourth-order valence-corrected chi connectivity index (χ4v) is 5.73. The molecule has 0 amide bonds. The maximum absolute atomic E-state index is 6.58. The SMILES string of the molecule is CCCCCCCCCc1ccc(Oc2ccc(CCCCCCCCC)c3c2CCOO3)c2c1OOCC2. The van der Waals surface area contributed by atoms with Crippen molar-refractivity contribution in [2.75, 3.05) is 13.2 Å². The Morgan fingerprint density at radius 3 is 1.38 bits per heavy atom. The van der Waals surface area contributed by atoms with E-state index in [9.17, 15) is 0 Å². The van der Waals surface area contributed by atoms with Crippen LogP contribution in [-0.4, -0.2) is 13.2 Å². The maximum atomic E-state index is 6.58. The molecule has 5 nitrogen and oxygen atoms in total. The molecule has 0 bridgehead atoms. The number of rotatable bonds is 18. The molecule has 39 heavy (non-hydrogen) atoms. The molecule has 2 aliphatic heterocycles. The molecule has 0 fully saturated rings. The lowest BCUT2D eigenvalue weighted by molar-refractivity contribution is -0.216. The molecular formula is C34H50O5. The topological polar surface area (TPSA) is 46.2 Å². The number of fused-ring (bicyclic) bond motifs is 2. The summed E-state index contributed by atoms with van der Waals surface area (Å²) in [5.41, 5.74) is 4.65. The van der Waals surface area contributed by atoms with E-state index >= 15 is 0 Å². The zero-order valence-corrected chi connectivity index (χ0v) is 24.5. The quantitative estimate of drug-likeness (QED) is 0.140. The first-order valence-corrected chi connectivity index (χ1v) is 15.9. The van der Waals surface area contributed by atoms with Gasteiger partial charge in [0.05, 0.1) is 13.2 Å². The number of hydrogen-bond acceptors (Lipinski definition) is 5. The van der Waals surface area contributed by atoms with E-state index in [1.54, 1.807) is 0 Å². The molecule has 0 atom stereocenters. The monoisotopic (exact) mass is 538 g/mol. The van der Waals surface area contributed by atoms with E-state index < -0.39 is 0 Å². The van der Waals surface area contributed by atoms with Crippen LogP contribution in [0.4, 0.5) is 0 Å². The van der Waals surface area contributed by atoms with Gasteiger partial charge in [-0.3, -0.25) is 0 Å². The highest BCUT2D eigenvalue weighted by Crippen LogP contribution is 2.42. The second-order valence-electron chi connectivity index (χ2n) is 11.2. The number of ether oxygens (including phenoxy) is 1. The van der Waals surface area contributed by atoms with Crippen molar-refractivity contribution in [2.45, 2.75) is 129 Å². The third-order valence-electron chi connectivity index (χ3n) is 8.07. The lowest BCUT2D eigenvalue weighted by Crippen LogP contribution is -2.15. The lowest BCUT2D eigenvalue weighted by atomic mass is 9.98. The standard InChI is InChI=1S/C34H50O5/c1-3-5-7-9-11-13-15-17-27-19-21-31(29-23-25-35-38-33(27)29)37-32-22-20-28(34-30(32)24-26-36-39-34)18-16-14-12-10-8-6-4-2/h19-22H,3-18,23-26H2,1-2H3. The van der Waals surface area contributed by atoms with Crippen LogP contribution in [0, 0.1) is 0 Å². The van der Waals surface area contributed by atoms with Crippen LogP contribution in [-0.2, 0) is 35.5 Å². The molecule has 2 heterocycles. The second kappa shape index (κ2) is 16.8. The third kappa shape index (κ3) is 8.88. The van der Waals surface area contributed by atoms with Crippen molar-refractivity contribution in [1.29, 1.82) is 0 Å². The average molecular weight is 539 g/mol. The molecule has 0 saturated heterocycles.